The molecule has 2 amide bonds. The third kappa shape index (κ3) is 4.78. The van der Waals surface area contributed by atoms with E-state index in [-0.39, 0.29) is 18.9 Å². The average Bonchev–Trinajstić information content (AvgIpc) is 2.54. The zero-order valence-electron chi connectivity index (χ0n) is 14.3. The van der Waals surface area contributed by atoms with Crippen LogP contribution in [0.1, 0.15) is 32.8 Å². The topological polar surface area (TPSA) is 85.9 Å². The minimum atomic E-state index is -0.573. The molecule has 0 aliphatic carbocycles. The second kappa shape index (κ2) is 7.90. The monoisotopic (exact) mass is 336 g/mol. The van der Waals surface area contributed by atoms with E-state index < -0.39 is 11.6 Å². The number of hydrogen-bond acceptors (Lipinski definition) is 5. The van der Waals surface area contributed by atoms with Gasteiger partial charge in [0.15, 0.2) is 11.5 Å². The van der Waals surface area contributed by atoms with Crippen LogP contribution in [0, 0.1) is 0 Å². The lowest BCUT2D eigenvalue weighted by Gasteiger charge is -2.28. The van der Waals surface area contributed by atoms with Gasteiger partial charge in [-0.1, -0.05) is 6.07 Å². The molecule has 1 aliphatic rings. The Bertz CT molecular complexity index is 601. The molecular weight excluding hydrogens is 312 g/mol. The second-order valence-corrected chi connectivity index (χ2v) is 5.93. The molecule has 0 unspecified atom stereocenters. The zero-order valence-corrected chi connectivity index (χ0v) is 14.3. The summed E-state index contributed by atoms with van der Waals surface area (Å²) in [5.74, 6) is 1.24. The average molecular weight is 336 g/mol. The Morgan fingerprint density at radius 3 is 2.62 bits per heavy atom. The maximum atomic E-state index is 12.1. The first-order chi connectivity index (χ1) is 11.4. The van der Waals surface area contributed by atoms with E-state index in [2.05, 4.69) is 10.6 Å². The second-order valence-electron chi connectivity index (χ2n) is 5.93. The zero-order chi connectivity index (χ0) is 17.6. The van der Waals surface area contributed by atoms with Crippen LogP contribution in [0.4, 0.5) is 4.79 Å². The van der Waals surface area contributed by atoms with Crippen molar-refractivity contribution in [3.05, 3.63) is 23.8 Å². The first kappa shape index (κ1) is 17.9. The molecule has 2 rings (SSSR count). The molecule has 0 atom stereocenters. The Morgan fingerprint density at radius 1 is 1.21 bits per heavy atom. The van der Waals surface area contributed by atoms with Gasteiger partial charge in [-0.3, -0.25) is 4.79 Å². The van der Waals surface area contributed by atoms with Crippen LogP contribution >= 0.6 is 0 Å². The molecule has 0 saturated carbocycles. The van der Waals surface area contributed by atoms with Crippen LogP contribution in [0.2, 0.25) is 0 Å². The lowest BCUT2D eigenvalue weighted by atomic mass is 9.93. The van der Waals surface area contributed by atoms with E-state index in [0.717, 1.165) is 5.56 Å². The molecule has 24 heavy (non-hydrogen) atoms. The Hall–Kier alpha value is -2.44. The number of fused-ring (bicyclic) bond motifs is 1. The molecule has 132 valence electrons. The Balaban J connectivity index is 1.90. The summed E-state index contributed by atoms with van der Waals surface area (Å²) in [5, 5.41) is 5.48. The number of hydrogen-bond donors (Lipinski definition) is 2. The number of carbonyl (C=O) groups excluding carboxylic acids is 2. The van der Waals surface area contributed by atoms with Gasteiger partial charge in [-0.25, -0.2) is 4.79 Å². The highest BCUT2D eigenvalue weighted by molar-refractivity contribution is 5.78. The van der Waals surface area contributed by atoms with Gasteiger partial charge in [0.1, 0.15) is 13.2 Å². The van der Waals surface area contributed by atoms with E-state index >= 15 is 0 Å². The molecule has 1 aliphatic heterocycles. The van der Waals surface area contributed by atoms with Gasteiger partial charge < -0.3 is 24.8 Å². The first-order valence-electron chi connectivity index (χ1n) is 8.04. The molecule has 1 heterocycles. The van der Waals surface area contributed by atoms with Crippen LogP contribution < -0.4 is 20.1 Å². The highest BCUT2D eigenvalue weighted by Gasteiger charge is 2.25. The van der Waals surface area contributed by atoms with E-state index in [1.165, 1.54) is 0 Å². The SMILES string of the molecule is CCOC(=O)NCCC(=O)NC(C)(C)c1ccc2c(c1)OCCO2. The van der Waals surface area contributed by atoms with Gasteiger partial charge in [0.25, 0.3) is 0 Å². The molecule has 0 spiro atoms. The normalized spacial score (nSPS) is 13.1. The lowest BCUT2D eigenvalue weighted by Crippen LogP contribution is -2.42. The van der Waals surface area contributed by atoms with Crippen molar-refractivity contribution in [2.24, 2.45) is 0 Å². The summed E-state index contributed by atoms with van der Waals surface area (Å²) in [6.45, 7) is 7.13. The first-order valence-corrected chi connectivity index (χ1v) is 8.04. The molecule has 0 aromatic heterocycles. The molecule has 1 aromatic carbocycles. The van der Waals surface area contributed by atoms with Gasteiger partial charge in [0, 0.05) is 13.0 Å². The summed E-state index contributed by atoms with van der Waals surface area (Å²) in [4.78, 5) is 23.3. The maximum Gasteiger partial charge on any atom is 0.407 e. The fraction of sp³-hybridized carbons (Fsp3) is 0.529. The van der Waals surface area contributed by atoms with Crippen molar-refractivity contribution < 1.29 is 23.8 Å². The Kier molecular flexibility index (Phi) is 5.89. The number of amides is 2. The predicted octanol–water partition coefficient (Wildman–Crippen LogP) is 1.95. The summed E-state index contributed by atoms with van der Waals surface area (Å²) in [5.41, 5.74) is 0.343. The van der Waals surface area contributed by atoms with Crippen molar-refractivity contribution in [1.29, 1.82) is 0 Å². The standard InChI is InChI=1S/C17H24N2O5/c1-4-22-16(21)18-8-7-15(20)19-17(2,3)12-5-6-13-14(11-12)24-10-9-23-13/h5-6,11H,4,7-10H2,1-3H3,(H,18,21)(H,19,20). The summed E-state index contributed by atoms with van der Waals surface area (Å²) >= 11 is 0. The largest absolute Gasteiger partial charge is 0.486 e. The summed E-state index contributed by atoms with van der Waals surface area (Å²) in [6, 6.07) is 5.64. The van der Waals surface area contributed by atoms with Crippen LogP contribution in [0.3, 0.4) is 0 Å². The van der Waals surface area contributed by atoms with Gasteiger partial charge in [-0.15, -0.1) is 0 Å². The van der Waals surface area contributed by atoms with Crippen LogP contribution in [-0.2, 0) is 15.1 Å². The number of carbonyl (C=O) groups is 2. The maximum absolute atomic E-state index is 12.1. The Morgan fingerprint density at radius 2 is 1.92 bits per heavy atom. The number of benzene rings is 1. The van der Waals surface area contributed by atoms with Crippen LogP contribution in [0.15, 0.2) is 18.2 Å². The molecule has 2 N–H and O–H groups in total. The van der Waals surface area contributed by atoms with Crippen LogP contribution in [0.5, 0.6) is 11.5 Å². The third-order valence-corrected chi connectivity index (χ3v) is 3.61. The molecule has 0 bridgehead atoms. The van der Waals surface area contributed by atoms with Crippen molar-refractivity contribution in [3.63, 3.8) is 0 Å². The van der Waals surface area contributed by atoms with Gasteiger partial charge in [-0.2, -0.15) is 0 Å². The molecule has 0 saturated heterocycles. The van der Waals surface area contributed by atoms with Crippen molar-refractivity contribution in [2.75, 3.05) is 26.4 Å². The molecular formula is C17H24N2O5. The van der Waals surface area contributed by atoms with E-state index in [9.17, 15) is 9.59 Å². The van der Waals surface area contributed by atoms with Gasteiger partial charge in [-0.05, 0) is 38.5 Å². The molecule has 1 aromatic rings. The predicted molar refractivity (Wildman–Crippen MR) is 88.2 cm³/mol. The molecule has 0 radical (unpaired) electrons. The molecule has 7 nitrogen and oxygen atoms in total. The van der Waals surface area contributed by atoms with Crippen molar-refractivity contribution in [2.45, 2.75) is 32.7 Å². The van der Waals surface area contributed by atoms with Crippen molar-refractivity contribution in [3.8, 4) is 11.5 Å². The number of alkyl carbamates (subject to hydrolysis) is 1. The fourth-order valence-electron chi connectivity index (χ4n) is 2.38. The van der Waals surface area contributed by atoms with E-state index in [0.29, 0.717) is 31.3 Å². The third-order valence-electron chi connectivity index (χ3n) is 3.61. The molecule has 0 fully saturated rings. The van der Waals surface area contributed by atoms with Gasteiger partial charge in [0.2, 0.25) is 5.91 Å². The van der Waals surface area contributed by atoms with E-state index in [1.54, 1.807) is 6.92 Å². The fourth-order valence-corrected chi connectivity index (χ4v) is 2.38. The van der Waals surface area contributed by atoms with E-state index in [1.807, 2.05) is 32.0 Å². The lowest BCUT2D eigenvalue weighted by molar-refractivity contribution is -0.122. The van der Waals surface area contributed by atoms with Crippen molar-refractivity contribution in [1.82, 2.24) is 10.6 Å². The Labute approximate surface area is 141 Å². The van der Waals surface area contributed by atoms with Crippen LogP contribution in [-0.4, -0.2) is 38.4 Å². The number of nitrogens with one attached hydrogen (secondary N) is 2. The number of ether oxygens (including phenoxy) is 3. The quantitative estimate of drug-likeness (QED) is 0.829. The number of rotatable bonds is 6. The minimum absolute atomic E-state index is 0.160. The smallest absolute Gasteiger partial charge is 0.407 e. The van der Waals surface area contributed by atoms with Crippen LogP contribution in [0.25, 0.3) is 0 Å². The minimum Gasteiger partial charge on any atom is -0.486 e. The highest BCUT2D eigenvalue weighted by Crippen LogP contribution is 2.34. The summed E-state index contributed by atoms with van der Waals surface area (Å²) in [6.07, 6.45) is -0.344. The highest BCUT2D eigenvalue weighted by atomic mass is 16.6. The van der Waals surface area contributed by atoms with Gasteiger partial charge >= 0.3 is 6.09 Å². The molecule has 7 heteroatoms. The van der Waals surface area contributed by atoms with Gasteiger partial charge in [0.05, 0.1) is 12.1 Å². The van der Waals surface area contributed by atoms with Crippen molar-refractivity contribution >= 4 is 12.0 Å². The van der Waals surface area contributed by atoms with E-state index in [4.69, 9.17) is 14.2 Å². The summed E-state index contributed by atoms with van der Waals surface area (Å²) < 4.78 is 15.8. The summed E-state index contributed by atoms with van der Waals surface area (Å²) in [7, 11) is 0.